The third-order valence-corrected chi connectivity index (χ3v) is 6.07. The van der Waals surface area contributed by atoms with Crippen LogP contribution in [-0.2, 0) is 11.2 Å². The van der Waals surface area contributed by atoms with Crippen LogP contribution in [0.15, 0.2) is 4.52 Å². The molecule has 0 N–H and O–H groups in total. The molecule has 25 heavy (non-hydrogen) atoms. The zero-order valence-electron chi connectivity index (χ0n) is 15.7. The van der Waals surface area contributed by atoms with Crippen molar-refractivity contribution in [2.24, 2.45) is 5.92 Å². The van der Waals surface area contributed by atoms with E-state index in [2.05, 4.69) is 33.8 Å². The quantitative estimate of drug-likeness (QED) is 0.786. The fraction of sp³-hybridized carbons (Fsp3) is 0.895. The summed E-state index contributed by atoms with van der Waals surface area (Å²) in [4.78, 5) is 9.82. The van der Waals surface area contributed by atoms with E-state index in [-0.39, 0.29) is 5.54 Å². The molecule has 1 aromatic rings. The van der Waals surface area contributed by atoms with Gasteiger partial charge in [0.15, 0.2) is 5.82 Å². The van der Waals surface area contributed by atoms with E-state index in [1.165, 1.54) is 38.8 Å². The van der Waals surface area contributed by atoms with Gasteiger partial charge in [-0.2, -0.15) is 4.98 Å². The van der Waals surface area contributed by atoms with Crippen molar-refractivity contribution in [3.05, 3.63) is 11.7 Å². The minimum absolute atomic E-state index is 0.226. The maximum Gasteiger partial charge on any atom is 0.229 e. The van der Waals surface area contributed by atoms with Crippen molar-refractivity contribution in [1.29, 1.82) is 0 Å². The zero-order chi connectivity index (χ0) is 17.3. The predicted molar refractivity (Wildman–Crippen MR) is 95.6 cm³/mol. The number of hydrogen-bond donors (Lipinski definition) is 0. The fourth-order valence-corrected chi connectivity index (χ4v) is 4.27. The molecule has 0 amide bonds. The first-order chi connectivity index (χ1) is 12.1. The molecular weight excluding hydrogens is 316 g/mol. The van der Waals surface area contributed by atoms with Gasteiger partial charge in [-0.25, -0.2) is 0 Å². The topological polar surface area (TPSA) is 54.6 Å². The third-order valence-electron chi connectivity index (χ3n) is 6.07. The average molecular weight is 348 g/mol. The molecule has 3 fully saturated rings. The van der Waals surface area contributed by atoms with E-state index in [1.807, 2.05) is 0 Å². The van der Waals surface area contributed by atoms with Crippen LogP contribution >= 0.6 is 0 Å². The Bertz CT molecular complexity index is 556. The molecule has 1 saturated carbocycles. The number of ether oxygens (including phenoxy) is 1. The standard InChI is InChI=1S/C19H32N4O2/c1-19(2,23-9-11-24-12-10-23)14-22-7-5-15(6-8-22)13-17-20-18(25-21-17)16-3-4-16/h15-16H,3-14H2,1-2H3. The van der Waals surface area contributed by atoms with Crippen LogP contribution in [-0.4, -0.2) is 71.4 Å². The number of aromatic nitrogens is 2. The Labute approximate surface area is 150 Å². The number of likely N-dealkylation sites (tertiary alicyclic amines) is 1. The maximum absolute atomic E-state index is 5.50. The Kier molecular flexibility index (Phi) is 5.11. The molecule has 0 aromatic carbocycles. The Balaban J connectivity index is 1.23. The molecule has 2 saturated heterocycles. The molecule has 0 unspecified atom stereocenters. The lowest BCUT2D eigenvalue weighted by Crippen LogP contribution is -2.56. The lowest BCUT2D eigenvalue weighted by molar-refractivity contribution is -0.0248. The predicted octanol–water partition coefficient (Wildman–Crippen LogP) is 2.31. The second-order valence-corrected chi connectivity index (χ2v) is 8.66. The highest BCUT2D eigenvalue weighted by atomic mass is 16.5. The van der Waals surface area contributed by atoms with Gasteiger partial charge in [-0.1, -0.05) is 5.16 Å². The Morgan fingerprint density at radius 1 is 1.04 bits per heavy atom. The van der Waals surface area contributed by atoms with Gasteiger partial charge < -0.3 is 14.2 Å². The van der Waals surface area contributed by atoms with Crippen LogP contribution in [0.1, 0.15) is 57.2 Å². The monoisotopic (exact) mass is 348 g/mol. The van der Waals surface area contributed by atoms with E-state index < -0.39 is 0 Å². The number of rotatable bonds is 6. The molecular formula is C19H32N4O2. The molecule has 0 atom stereocenters. The van der Waals surface area contributed by atoms with Crippen molar-refractivity contribution in [2.75, 3.05) is 45.9 Å². The van der Waals surface area contributed by atoms with Crippen LogP contribution in [0.25, 0.3) is 0 Å². The van der Waals surface area contributed by atoms with Crippen LogP contribution < -0.4 is 0 Å². The summed E-state index contributed by atoms with van der Waals surface area (Å²) < 4.78 is 10.9. The molecule has 140 valence electrons. The Morgan fingerprint density at radius 3 is 2.44 bits per heavy atom. The molecule has 1 aliphatic carbocycles. The number of morpholine rings is 1. The number of hydrogen-bond acceptors (Lipinski definition) is 6. The zero-order valence-corrected chi connectivity index (χ0v) is 15.7. The van der Waals surface area contributed by atoms with Crippen molar-refractivity contribution in [3.8, 4) is 0 Å². The fourth-order valence-electron chi connectivity index (χ4n) is 4.27. The molecule has 1 aromatic heterocycles. The van der Waals surface area contributed by atoms with Gasteiger partial charge >= 0.3 is 0 Å². The van der Waals surface area contributed by atoms with Crippen LogP contribution in [0.4, 0.5) is 0 Å². The SMILES string of the molecule is CC(C)(CN1CCC(Cc2noc(C3CC3)n2)CC1)N1CCOCC1. The van der Waals surface area contributed by atoms with Crippen molar-refractivity contribution in [1.82, 2.24) is 19.9 Å². The van der Waals surface area contributed by atoms with Gasteiger partial charge in [-0.15, -0.1) is 0 Å². The summed E-state index contributed by atoms with van der Waals surface area (Å²) in [7, 11) is 0. The summed E-state index contributed by atoms with van der Waals surface area (Å²) in [6.07, 6.45) is 5.91. The smallest absolute Gasteiger partial charge is 0.229 e. The largest absolute Gasteiger partial charge is 0.379 e. The molecule has 0 bridgehead atoms. The Hall–Kier alpha value is -0.980. The Morgan fingerprint density at radius 2 is 1.76 bits per heavy atom. The van der Waals surface area contributed by atoms with Crippen LogP contribution in [0, 0.1) is 5.92 Å². The maximum atomic E-state index is 5.50. The van der Waals surface area contributed by atoms with Gasteiger partial charge in [0.25, 0.3) is 0 Å². The minimum Gasteiger partial charge on any atom is -0.379 e. The second kappa shape index (κ2) is 7.33. The first-order valence-corrected chi connectivity index (χ1v) is 9.98. The molecule has 0 spiro atoms. The van der Waals surface area contributed by atoms with Crippen molar-refractivity contribution in [3.63, 3.8) is 0 Å². The minimum atomic E-state index is 0.226. The van der Waals surface area contributed by atoms with Crippen molar-refractivity contribution >= 4 is 0 Å². The highest BCUT2D eigenvalue weighted by Gasteiger charge is 2.33. The molecule has 4 rings (SSSR count). The van der Waals surface area contributed by atoms with E-state index in [0.717, 1.165) is 51.0 Å². The van der Waals surface area contributed by atoms with E-state index in [9.17, 15) is 0 Å². The summed E-state index contributed by atoms with van der Waals surface area (Å²) in [5, 5.41) is 4.19. The van der Waals surface area contributed by atoms with Gasteiger partial charge in [-0.05, 0) is 58.5 Å². The highest BCUT2D eigenvalue weighted by Crippen LogP contribution is 2.39. The first kappa shape index (κ1) is 17.4. The van der Waals surface area contributed by atoms with Gasteiger partial charge in [0.1, 0.15) is 0 Å². The second-order valence-electron chi connectivity index (χ2n) is 8.66. The first-order valence-electron chi connectivity index (χ1n) is 9.98. The molecule has 3 heterocycles. The van der Waals surface area contributed by atoms with Crippen LogP contribution in [0.3, 0.4) is 0 Å². The van der Waals surface area contributed by atoms with E-state index in [0.29, 0.717) is 11.8 Å². The normalized spacial score (nSPS) is 24.7. The van der Waals surface area contributed by atoms with Gasteiger partial charge in [0, 0.05) is 37.5 Å². The highest BCUT2D eigenvalue weighted by molar-refractivity contribution is 5.02. The van der Waals surface area contributed by atoms with Crippen LogP contribution in [0.5, 0.6) is 0 Å². The van der Waals surface area contributed by atoms with E-state index in [4.69, 9.17) is 9.26 Å². The summed E-state index contributed by atoms with van der Waals surface area (Å²) >= 11 is 0. The van der Waals surface area contributed by atoms with Crippen molar-refractivity contribution in [2.45, 2.75) is 57.4 Å². The van der Waals surface area contributed by atoms with Gasteiger partial charge in [0.05, 0.1) is 13.2 Å². The molecule has 3 aliphatic rings. The molecule has 2 aliphatic heterocycles. The van der Waals surface area contributed by atoms with Gasteiger partial charge in [0.2, 0.25) is 5.89 Å². The summed E-state index contributed by atoms with van der Waals surface area (Å²) in [6, 6.07) is 0. The lowest BCUT2D eigenvalue weighted by Gasteiger charge is -2.45. The summed E-state index contributed by atoms with van der Waals surface area (Å²) in [6.45, 7) is 12.1. The summed E-state index contributed by atoms with van der Waals surface area (Å²) in [5.74, 6) is 3.06. The number of piperidine rings is 1. The van der Waals surface area contributed by atoms with E-state index in [1.54, 1.807) is 0 Å². The van der Waals surface area contributed by atoms with Crippen LogP contribution in [0.2, 0.25) is 0 Å². The van der Waals surface area contributed by atoms with Gasteiger partial charge in [-0.3, -0.25) is 4.90 Å². The third kappa shape index (κ3) is 4.41. The average Bonchev–Trinajstić information content (AvgIpc) is 3.37. The van der Waals surface area contributed by atoms with E-state index >= 15 is 0 Å². The van der Waals surface area contributed by atoms with Crippen molar-refractivity contribution < 1.29 is 9.26 Å². The summed E-state index contributed by atoms with van der Waals surface area (Å²) in [5.41, 5.74) is 0.226. The number of nitrogens with zero attached hydrogens (tertiary/aromatic N) is 4. The molecule has 6 heteroatoms. The lowest BCUT2D eigenvalue weighted by atomic mass is 9.91. The molecule has 0 radical (unpaired) electrons. The molecule has 6 nitrogen and oxygen atoms in total.